The number of rotatable bonds is 5. The summed E-state index contributed by atoms with van der Waals surface area (Å²) in [4.78, 5) is 15.8. The second-order valence-corrected chi connectivity index (χ2v) is 7.05. The van der Waals surface area contributed by atoms with Crippen LogP contribution < -0.4 is 10.6 Å². The van der Waals surface area contributed by atoms with Gasteiger partial charge in [0.25, 0.3) is 0 Å². The van der Waals surface area contributed by atoms with E-state index in [2.05, 4.69) is 50.2 Å². The van der Waals surface area contributed by atoms with E-state index < -0.39 is 0 Å². The second-order valence-electron chi connectivity index (χ2n) is 6.07. The van der Waals surface area contributed by atoms with Crippen LogP contribution in [-0.2, 0) is 0 Å². The number of hydrogen-bond acceptors (Lipinski definition) is 4. The van der Waals surface area contributed by atoms with E-state index in [1.165, 1.54) is 17.7 Å². The molecule has 3 rings (SSSR count). The number of hydrogen-bond donors (Lipinski definition) is 3. The summed E-state index contributed by atoms with van der Waals surface area (Å²) in [5, 5.41) is 14.4. The highest BCUT2D eigenvalue weighted by atomic mass is 32.1. The van der Waals surface area contributed by atoms with Crippen molar-refractivity contribution in [2.45, 2.75) is 25.8 Å². The maximum Gasteiger partial charge on any atom is 0.319 e. The molecule has 2 amide bonds. The molecule has 2 aromatic rings. The molecular weight excluding hydrogens is 310 g/mol. The van der Waals surface area contributed by atoms with Crippen molar-refractivity contribution in [1.29, 1.82) is 0 Å². The molecule has 1 aliphatic heterocycles. The van der Waals surface area contributed by atoms with Crippen LogP contribution in [-0.4, -0.2) is 40.8 Å². The fourth-order valence-corrected chi connectivity index (χ4v) is 3.78. The molecule has 0 radical (unpaired) electrons. The first-order chi connectivity index (χ1) is 11.2. The van der Waals surface area contributed by atoms with Crippen LogP contribution in [0.25, 0.3) is 0 Å². The van der Waals surface area contributed by atoms with Crippen molar-refractivity contribution in [3.63, 3.8) is 0 Å². The van der Waals surface area contributed by atoms with E-state index in [0.717, 1.165) is 19.0 Å². The van der Waals surface area contributed by atoms with Gasteiger partial charge in [-0.15, -0.1) is 11.3 Å². The predicted molar refractivity (Wildman–Crippen MR) is 92.6 cm³/mol. The van der Waals surface area contributed by atoms with Crippen LogP contribution in [0.3, 0.4) is 0 Å². The Bertz CT molecular complexity index is 590. The van der Waals surface area contributed by atoms with Crippen molar-refractivity contribution in [2.24, 2.45) is 5.92 Å². The fourth-order valence-electron chi connectivity index (χ4n) is 2.91. The number of thiophene rings is 1. The number of carbonyl (C=O) groups excluding carboxylic acids is 1. The lowest BCUT2D eigenvalue weighted by atomic mass is 9.97. The number of urea groups is 1. The van der Waals surface area contributed by atoms with Gasteiger partial charge in [0.1, 0.15) is 0 Å². The van der Waals surface area contributed by atoms with Crippen molar-refractivity contribution >= 4 is 23.1 Å². The number of likely N-dealkylation sites (tertiary alicyclic amines) is 1. The summed E-state index contributed by atoms with van der Waals surface area (Å²) in [7, 11) is 0. The lowest BCUT2D eigenvalue weighted by Gasteiger charge is -2.36. The summed E-state index contributed by atoms with van der Waals surface area (Å²) < 4.78 is 0. The van der Waals surface area contributed by atoms with E-state index >= 15 is 0 Å². The highest BCUT2D eigenvalue weighted by Gasteiger charge is 2.25. The molecule has 0 spiro atoms. The molecule has 3 heterocycles. The number of amides is 2. The summed E-state index contributed by atoms with van der Waals surface area (Å²) in [6, 6.07) is 4.28. The van der Waals surface area contributed by atoms with Crippen LogP contribution >= 0.6 is 11.3 Å². The molecule has 6 nitrogen and oxygen atoms in total. The third-order valence-electron chi connectivity index (χ3n) is 4.34. The maximum atomic E-state index is 12.0. The van der Waals surface area contributed by atoms with E-state index in [0.29, 0.717) is 12.2 Å². The Kier molecular flexibility index (Phi) is 5.30. The first kappa shape index (κ1) is 16.0. The molecule has 124 valence electrons. The topological polar surface area (TPSA) is 73.1 Å². The molecule has 7 heteroatoms. The standard InChI is InChI=1S/C16H23N5OS/c1-12-4-6-21(7-5-12)14(15-3-2-8-23-15)11-17-16(22)20-13-9-18-19-10-13/h2-3,8-10,12,14H,4-7,11H2,1H3,(H,18,19)(H2,17,20,22)/t14-/m0/s1. The molecule has 1 aliphatic rings. The number of H-pyrrole nitrogens is 1. The highest BCUT2D eigenvalue weighted by molar-refractivity contribution is 7.10. The summed E-state index contributed by atoms with van der Waals surface area (Å²) in [5.74, 6) is 0.799. The third kappa shape index (κ3) is 4.33. The van der Waals surface area contributed by atoms with E-state index in [1.54, 1.807) is 23.7 Å². The minimum absolute atomic E-state index is 0.196. The van der Waals surface area contributed by atoms with Crippen LogP contribution in [0.15, 0.2) is 29.9 Å². The third-order valence-corrected chi connectivity index (χ3v) is 5.32. The number of aromatic amines is 1. The van der Waals surface area contributed by atoms with Gasteiger partial charge in [-0.2, -0.15) is 5.10 Å². The molecule has 23 heavy (non-hydrogen) atoms. The van der Waals surface area contributed by atoms with Gasteiger partial charge in [0.05, 0.1) is 17.9 Å². The quantitative estimate of drug-likeness (QED) is 0.787. The first-order valence-corrected chi connectivity index (χ1v) is 8.91. The van der Waals surface area contributed by atoms with E-state index in [4.69, 9.17) is 0 Å². The van der Waals surface area contributed by atoms with E-state index in [-0.39, 0.29) is 12.1 Å². The van der Waals surface area contributed by atoms with Crippen molar-refractivity contribution in [3.05, 3.63) is 34.8 Å². The van der Waals surface area contributed by atoms with Crippen LogP contribution in [0.1, 0.15) is 30.7 Å². The second kappa shape index (κ2) is 7.61. The molecule has 3 N–H and O–H groups in total. The predicted octanol–water partition coefficient (Wildman–Crippen LogP) is 3.07. The summed E-state index contributed by atoms with van der Waals surface area (Å²) in [6.45, 7) is 5.11. The Morgan fingerprint density at radius 1 is 1.52 bits per heavy atom. The van der Waals surface area contributed by atoms with E-state index in [1.807, 2.05) is 0 Å². The molecule has 1 saturated heterocycles. The van der Waals surface area contributed by atoms with Gasteiger partial charge < -0.3 is 10.6 Å². The van der Waals surface area contributed by atoms with E-state index in [9.17, 15) is 4.79 Å². The summed E-state index contributed by atoms with van der Waals surface area (Å²) in [5.41, 5.74) is 0.668. The number of nitrogens with zero attached hydrogens (tertiary/aromatic N) is 2. The van der Waals surface area contributed by atoms with Gasteiger partial charge in [-0.05, 0) is 43.3 Å². The Balaban J connectivity index is 1.59. The lowest BCUT2D eigenvalue weighted by Crippen LogP contribution is -2.42. The Hall–Kier alpha value is -1.86. The van der Waals surface area contributed by atoms with Crippen LogP contribution in [0.4, 0.5) is 10.5 Å². The Labute approximate surface area is 140 Å². The van der Waals surface area contributed by atoms with Crippen LogP contribution in [0.5, 0.6) is 0 Å². The normalized spacial score (nSPS) is 17.8. The molecule has 0 aliphatic carbocycles. The fraction of sp³-hybridized carbons (Fsp3) is 0.500. The minimum Gasteiger partial charge on any atom is -0.336 e. The van der Waals surface area contributed by atoms with Crippen molar-refractivity contribution < 1.29 is 4.79 Å². The molecular formula is C16H23N5OS. The van der Waals surface area contributed by atoms with Gasteiger partial charge in [0.2, 0.25) is 0 Å². The molecule has 0 unspecified atom stereocenters. The van der Waals surface area contributed by atoms with Gasteiger partial charge in [-0.1, -0.05) is 13.0 Å². The molecule has 0 saturated carbocycles. The SMILES string of the molecule is CC1CCN([C@@H](CNC(=O)Nc2cn[nH]c2)c2cccs2)CC1. The van der Waals surface area contributed by atoms with Crippen LogP contribution in [0, 0.1) is 5.92 Å². The zero-order chi connectivity index (χ0) is 16.1. The monoisotopic (exact) mass is 333 g/mol. The molecule has 2 aromatic heterocycles. The first-order valence-electron chi connectivity index (χ1n) is 8.03. The van der Waals surface area contributed by atoms with Gasteiger partial charge in [-0.3, -0.25) is 10.00 Å². The molecule has 1 fully saturated rings. The molecule has 0 aromatic carbocycles. The number of nitrogens with one attached hydrogen (secondary N) is 3. The average Bonchev–Trinajstić information content (AvgIpc) is 3.23. The van der Waals surface area contributed by atoms with Crippen molar-refractivity contribution in [1.82, 2.24) is 20.4 Å². The molecule has 1 atom stereocenters. The zero-order valence-electron chi connectivity index (χ0n) is 13.3. The minimum atomic E-state index is -0.196. The smallest absolute Gasteiger partial charge is 0.319 e. The Morgan fingerprint density at radius 3 is 3.00 bits per heavy atom. The Morgan fingerprint density at radius 2 is 2.35 bits per heavy atom. The van der Waals surface area contributed by atoms with Gasteiger partial charge in [-0.25, -0.2) is 4.79 Å². The number of carbonyl (C=O) groups is 1. The highest BCUT2D eigenvalue weighted by Crippen LogP contribution is 2.29. The number of piperidine rings is 1. The number of aromatic nitrogens is 2. The summed E-state index contributed by atoms with van der Waals surface area (Å²) in [6.07, 6.45) is 5.69. The maximum absolute atomic E-state index is 12.0. The van der Waals surface area contributed by atoms with Crippen molar-refractivity contribution in [3.8, 4) is 0 Å². The largest absolute Gasteiger partial charge is 0.336 e. The van der Waals surface area contributed by atoms with Crippen LogP contribution in [0.2, 0.25) is 0 Å². The van der Waals surface area contributed by atoms with Gasteiger partial charge in [0.15, 0.2) is 0 Å². The zero-order valence-corrected chi connectivity index (χ0v) is 14.1. The average molecular weight is 333 g/mol. The van der Waals surface area contributed by atoms with Gasteiger partial charge >= 0.3 is 6.03 Å². The number of anilines is 1. The molecule has 0 bridgehead atoms. The van der Waals surface area contributed by atoms with Crippen molar-refractivity contribution in [2.75, 3.05) is 25.0 Å². The summed E-state index contributed by atoms with van der Waals surface area (Å²) >= 11 is 1.75. The lowest BCUT2D eigenvalue weighted by molar-refractivity contribution is 0.138. The van der Waals surface area contributed by atoms with Gasteiger partial charge in [0, 0.05) is 17.6 Å².